The second kappa shape index (κ2) is 25.4. The third kappa shape index (κ3) is 15.5. The highest BCUT2D eigenvalue weighted by Crippen LogP contribution is 2.30. The fourth-order valence-electron chi connectivity index (χ4n) is 7.86. The van der Waals surface area contributed by atoms with Crippen molar-refractivity contribution in [2.24, 2.45) is 0 Å². The van der Waals surface area contributed by atoms with E-state index in [4.69, 9.17) is 33.2 Å². The number of hydrogen-bond donors (Lipinski definition) is 0. The first-order valence-corrected chi connectivity index (χ1v) is 24.3. The number of carbonyl (C=O) groups excluding carboxylic acids is 4. The smallest absolute Gasteiger partial charge is 0.343 e. The normalized spacial score (nSPS) is 12.9. The second-order valence-electron chi connectivity index (χ2n) is 17.6. The van der Waals surface area contributed by atoms with Crippen molar-refractivity contribution in [2.45, 2.75) is 103 Å². The number of rotatable bonds is 27. The predicted octanol–water partition coefficient (Wildman–Crippen LogP) is 13.2. The molecule has 69 heavy (non-hydrogen) atoms. The Morgan fingerprint density at radius 1 is 0.522 bits per heavy atom. The fourth-order valence-corrected chi connectivity index (χ4v) is 7.86. The van der Waals surface area contributed by atoms with E-state index in [0.29, 0.717) is 71.9 Å². The van der Waals surface area contributed by atoms with Crippen molar-refractivity contribution in [1.82, 2.24) is 0 Å². The van der Waals surface area contributed by atoms with E-state index in [1.54, 1.807) is 97.9 Å². The number of ether oxygens (including phenoxy) is 7. The largest absolute Gasteiger partial charge is 0.494 e. The van der Waals surface area contributed by atoms with Gasteiger partial charge in [-0.1, -0.05) is 76.3 Å². The van der Waals surface area contributed by atoms with Gasteiger partial charge in [0.1, 0.15) is 28.7 Å². The number of fused-ring (bicyclic) bond motifs is 2. The zero-order valence-corrected chi connectivity index (χ0v) is 39.8. The van der Waals surface area contributed by atoms with Crippen molar-refractivity contribution in [3.05, 3.63) is 150 Å². The van der Waals surface area contributed by atoms with Crippen molar-refractivity contribution in [1.29, 1.82) is 0 Å². The maximum absolute atomic E-state index is 13.5. The molecule has 1 atom stereocenters. The molecule has 0 bridgehead atoms. The summed E-state index contributed by atoms with van der Waals surface area (Å²) >= 11 is 0. The van der Waals surface area contributed by atoms with Crippen LogP contribution in [0.2, 0.25) is 0 Å². The molecule has 1 fully saturated rings. The highest BCUT2D eigenvalue weighted by molar-refractivity contribution is 5.98. The number of epoxide rings is 1. The molecule has 0 aliphatic carbocycles. The summed E-state index contributed by atoms with van der Waals surface area (Å²) in [5, 5.41) is 3.35. The lowest BCUT2D eigenvalue weighted by atomic mass is 10.1. The van der Waals surface area contributed by atoms with Crippen LogP contribution in [0.1, 0.15) is 128 Å². The molecule has 0 spiro atoms. The summed E-state index contributed by atoms with van der Waals surface area (Å²) < 4.78 is 39.7. The minimum atomic E-state index is -0.534. The topological polar surface area (TPSA) is 136 Å². The molecular weight excluding hydrogens is 873 g/mol. The Hall–Kier alpha value is -6.98. The molecule has 11 heteroatoms. The first kappa shape index (κ1) is 49.9. The summed E-state index contributed by atoms with van der Waals surface area (Å²) in [6, 6.07) is 33.5. The van der Waals surface area contributed by atoms with Crippen molar-refractivity contribution < 1.29 is 52.3 Å². The summed E-state index contributed by atoms with van der Waals surface area (Å²) in [5.41, 5.74) is 2.30. The van der Waals surface area contributed by atoms with Gasteiger partial charge in [0, 0.05) is 5.57 Å². The predicted molar refractivity (Wildman–Crippen MR) is 267 cm³/mol. The quantitative estimate of drug-likeness (QED) is 0.0160. The number of esters is 4. The molecule has 0 N–H and O–H groups in total. The third-order valence-electron chi connectivity index (χ3n) is 11.8. The molecule has 1 unspecified atom stereocenters. The molecule has 0 radical (unpaired) electrons. The lowest BCUT2D eigenvalue weighted by molar-refractivity contribution is -0.139. The van der Waals surface area contributed by atoms with Gasteiger partial charge in [0.15, 0.2) is 0 Å². The SMILES string of the molecule is C=C(C)C(=O)OCCCCCCOc1ccc2cc(C(=O)Oc3ccc(OC(=O)c4ccc5cc(OC(=O)c6ccc(OCCCCCCCCC7CO7)cc6)ccc5c4)c(CCC)c3)ccc2c1. The molecule has 1 saturated heterocycles. The molecule has 7 rings (SSSR count). The molecule has 6 aromatic carbocycles. The summed E-state index contributed by atoms with van der Waals surface area (Å²) in [7, 11) is 0. The first-order valence-electron chi connectivity index (χ1n) is 24.3. The second-order valence-corrected chi connectivity index (χ2v) is 17.6. The summed E-state index contributed by atoms with van der Waals surface area (Å²) in [5.74, 6) is 0.685. The molecule has 1 aliphatic rings. The van der Waals surface area contributed by atoms with Crippen molar-refractivity contribution in [3.63, 3.8) is 0 Å². The average molecular weight is 935 g/mol. The van der Waals surface area contributed by atoms with E-state index in [1.165, 1.54) is 32.1 Å². The van der Waals surface area contributed by atoms with Crippen LogP contribution in [0.3, 0.4) is 0 Å². The summed E-state index contributed by atoms with van der Waals surface area (Å²) in [6.45, 7) is 9.78. The molecule has 6 aromatic rings. The Balaban J connectivity index is 0.857. The summed E-state index contributed by atoms with van der Waals surface area (Å²) in [4.78, 5) is 51.3. The van der Waals surface area contributed by atoms with Gasteiger partial charge in [-0.3, -0.25) is 0 Å². The van der Waals surface area contributed by atoms with E-state index >= 15 is 0 Å². The maximum atomic E-state index is 13.5. The molecule has 1 aliphatic heterocycles. The molecule has 0 saturated carbocycles. The lowest BCUT2D eigenvalue weighted by Gasteiger charge is -2.13. The summed E-state index contributed by atoms with van der Waals surface area (Å²) in [6.07, 6.45) is 13.8. The van der Waals surface area contributed by atoms with E-state index in [2.05, 4.69) is 6.58 Å². The van der Waals surface area contributed by atoms with Gasteiger partial charge in [-0.15, -0.1) is 0 Å². The number of benzene rings is 6. The van der Waals surface area contributed by atoms with Gasteiger partial charge in [0.25, 0.3) is 0 Å². The van der Waals surface area contributed by atoms with Crippen LogP contribution in [0.25, 0.3) is 21.5 Å². The van der Waals surface area contributed by atoms with Gasteiger partial charge < -0.3 is 33.2 Å². The van der Waals surface area contributed by atoms with Gasteiger partial charge in [-0.2, -0.15) is 0 Å². The van der Waals surface area contributed by atoms with Crippen LogP contribution < -0.4 is 23.7 Å². The third-order valence-corrected chi connectivity index (χ3v) is 11.8. The van der Waals surface area contributed by atoms with E-state index in [-0.39, 0.29) is 5.97 Å². The van der Waals surface area contributed by atoms with Crippen molar-refractivity contribution in [2.75, 3.05) is 26.4 Å². The molecule has 1 heterocycles. The van der Waals surface area contributed by atoms with Crippen LogP contribution in [0.4, 0.5) is 0 Å². The Labute approximate surface area is 404 Å². The van der Waals surface area contributed by atoms with E-state index in [1.807, 2.05) is 31.2 Å². The maximum Gasteiger partial charge on any atom is 0.343 e. The fraction of sp³-hybridized carbons (Fsp3) is 0.345. The highest BCUT2D eigenvalue weighted by Gasteiger charge is 2.21. The van der Waals surface area contributed by atoms with Crippen LogP contribution in [0, 0.1) is 0 Å². The van der Waals surface area contributed by atoms with Crippen LogP contribution >= 0.6 is 0 Å². The molecular formula is C58H62O11. The zero-order valence-electron chi connectivity index (χ0n) is 39.8. The van der Waals surface area contributed by atoms with Crippen molar-refractivity contribution in [3.8, 4) is 28.7 Å². The Morgan fingerprint density at radius 3 is 1.61 bits per heavy atom. The highest BCUT2D eigenvalue weighted by atomic mass is 16.6. The number of unbranched alkanes of at least 4 members (excludes halogenated alkanes) is 8. The monoisotopic (exact) mass is 934 g/mol. The zero-order chi connectivity index (χ0) is 48.4. The van der Waals surface area contributed by atoms with Crippen molar-refractivity contribution >= 4 is 45.4 Å². The van der Waals surface area contributed by atoms with Gasteiger partial charge in [0.05, 0.1) is 49.2 Å². The molecule has 0 aromatic heterocycles. The number of aryl methyl sites for hydroxylation is 1. The van der Waals surface area contributed by atoms with Crippen LogP contribution in [0.5, 0.6) is 28.7 Å². The Bertz CT molecular complexity index is 2720. The minimum Gasteiger partial charge on any atom is -0.494 e. The minimum absolute atomic E-state index is 0.339. The lowest BCUT2D eigenvalue weighted by Crippen LogP contribution is -2.11. The van der Waals surface area contributed by atoms with Crippen LogP contribution in [-0.4, -0.2) is 56.4 Å². The number of hydrogen-bond acceptors (Lipinski definition) is 11. The van der Waals surface area contributed by atoms with Crippen LogP contribution in [-0.2, 0) is 20.7 Å². The van der Waals surface area contributed by atoms with Gasteiger partial charge in [-0.25, -0.2) is 19.2 Å². The Morgan fingerprint density at radius 2 is 0.986 bits per heavy atom. The average Bonchev–Trinajstić information content (AvgIpc) is 4.19. The van der Waals surface area contributed by atoms with Crippen LogP contribution in [0.15, 0.2) is 127 Å². The van der Waals surface area contributed by atoms with Gasteiger partial charge >= 0.3 is 23.9 Å². The molecule has 360 valence electrons. The number of carbonyl (C=O) groups is 4. The standard InChI is InChI=1S/C58H62O11/c1-4-15-46-38-52(68-57(61)47-19-17-44-36-50(27-23-42(44)34-47)64-32-13-9-10-14-33-65-55(59)40(2)3)29-30-54(46)69-58(62)48-20-18-45-37-51(28-24-43(45)35-48)67-56(60)41-21-25-49(26-22-41)63-31-12-8-6-5-7-11-16-53-39-66-53/h17-30,34-38,53H,2,4-16,31-33,39H2,1,3H3. The van der Waals surface area contributed by atoms with E-state index in [0.717, 1.165) is 90.2 Å². The van der Waals surface area contributed by atoms with E-state index in [9.17, 15) is 19.2 Å². The van der Waals surface area contributed by atoms with Gasteiger partial charge in [-0.05, 0) is 170 Å². The van der Waals surface area contributed by atoms with E-state index < -0.39 is 17.9 Å². The van der Waals surface area contributed by atoms with Gasteiger partial charge in [0.2, 0.25) is 0 Å². The first-order chi connectivity index (χ1) is 33.6. The molecule has 11 nitrogen and oxygen atoms in total. The Kier molecular flexibility index (Phi) is 18.4. The molecule has 0 amide bonds.